The number of aromatic nitrogens is 2. The largest absolute Gasteiger partial charge is 0.473 e. The van der Waals surface area contributed by atoms with Crippen LogP contribution in [0.4, 0.5) is 0 Å². The van der Waals surface area contributed by atoms with Gasteiger partial charge in [-0.1, -0.05) is 189 Å². The highest BCUT2D eigenvalue weighted by atomic mass is 35.5. The quantitative estimate of drug-likeness (QED) is 0.0536. The molecule has 2 saturated heterocycles. The molecule has 1 saturated carbocycles. The predicted molar refractivity (Wildman–Crippen MR) is 343 cm³/mol. The highest BCUT2D eigenvalue weighted by Gasteiger charge is 2.35. The van der Waals surface area contributed by atoms with E-state index < -0.39 is 0 Å². The van der Waals surface area contributed by atoms with E-state index in [4.69, 9.17) is 32.7 Å². The van der Waals surface area contributed by atoms with E-state index in [0.717, 1.165) is 104 Å². The number of ether oxygens (including phenoxy) is 2. The Morgan fingerprint density at radius 1 is 0.624 bits per heavy atom. The van der Waals surface area contributed by atoms with Crippen molar-refractivity contribution < 1.29 is 19.1 Å². The summed E-state index contributed by atoms with van der Waals surface area (Å²) in [5.41, 5.74) is 9.73. The number of likely N-dealkylation sites (N-methyl/N-ethyl adjacent to an activating group) is 1. The molecule has 5 aromatic carbocycles. The first kappa shape index (κ1) is 61.4. The Balaban J connectivity index is 0.730. The average Bonchev–Trinajstić information content (AvgIpc) is 3.66. The maximum Gasteiger partial charge on any atom is 0.252 e. The lowest BCUT2D eigenvalue weighted by molar-refractivity contribution is 0.0798. The van der Waals surface area contributed by atoms with Crippen LogP contribution in [-0.2, 0) is 6.54 Å². The molecule has 2 amide bonds. The van der Waals surface area contributed by atoms with Crippen molar-refractivity contribution in [2.75, 3.05) is 79.5 Å². The fourth-order valence-corrected chi connectivity index (χ4v) is 13.2. The number of hydrogen-bond donors (Lipinski definition) is 2. The van der Waals surface area contributed by atoms with E-state index in [1.807, 2.05) is 6.07 Å². The van der Waals surface area contributed by atoms with Gasteiger partial charge in [0.25, 0.3) is 11.8 Å². The zero-order valence-corrected chi connectivity index (χ0v) is 51.3. The van der Waals surface area contributed by atoms with Crippen molar-refractivity contribution in [2.24, 2.45) is 0 Å². The Morgan fingerprint density at radius 2 is 1.12 bits per heavy atom. The SMILES string of the molecule is CCN(CCCNC(=O)c1cnc(OC2CCN(CC(c3ccccc3)c3ccc(-c4ccccc4C(CN4CCC(Oc5ncc(C(=O)NCC6(N(C)C)CCCCC6)cc5Cl)CC4)c4ccccc4)cc3)CC2)c(Cl)c1)Cc1ccccc1. The smallest absolute Gasteiger partial charge is 0.252 e. The lowest BCUT2D eigenvalue weighted by Gasteiger charge is -2.43. The molecule has 12 nitrogen and oxygen atoms in total. The molecule has 3 aliphatic rings. The third-order valence-electron chi connectivity index (χ3n) is 18.0. The molecule has 0 spiro atoms. The first-order chi connectivity index (χ1) is 41.5. The van der Waals surface area contributed by atoms with Gasteiger partial charge in [0.1, 0.15) is 22.3 Å². The number of carbonyl (C=O) groups excluding carboxylic acids is 2. The fraction of sp³-hybridized carbons (Fsp3) is 0.408. The first-order valence-electron chi connectivity index (χ1n) is 30.9. The second-order valence-electron chi connectivity index (χ2n) is 23.7. The summed E-state index contributed by atoms with van der Waals surface area (Å²) < 4.78 is 12.9. The zero-order valence-electron chi connectivity index (χ0n) is 49.8. The minimum absolute atomic E-state index is 0.0218. The van der Waals surface area contributed by atoms with E-state index >= 15 is 0 Å². The van der Waals surface area contributed by atoms with Gasteiger partial charge in [0.2, 0.25) is 11.8 Å². The molecule has 0 bridgehead atoms. The number of benzene rings is 5. The normalized spacial score (nSPS) is 16.9. The number of likely N-dealkylation sites (tertiary alicyclic amines) is 2. The van der Waals surface area contributed by atoms with Gasteiger partial charge in [-0.05, 0) is 117 Å². The van der Waals surface area contributed by atoms with Crippen LogP contribution < -0.4 is 20.1 Å². The Morgan fingerprint density at radius 3 is 1.66 bits per heavy atom. The van der Waals surface area contributed by atoms with Crippen LogP contribution in [0.3, 0.4) is 0 Å². The summed E-state index contributed by atoms with van der Waals surface area (Å²) in [6, 6.07) is 53.8. The molecule has 1 aliphatic carbocycles. The van der Waals surface area contributed by atoms with Crippen LogP contribution in [0.15, 0.2) is 164 Å². The number of carbonyl (C=O) groups is 2. The Hall–Kier alpha value is -6.64. The van der Waals surface area contributed by atoms with Crippen molar-refractivity contribution in [3.05, 3.63) is 213 Å². The highest BCUT2D eigenvalue weighted by molar-refractivity contribution is 6.32. The molecule has 4 heterocycles. The van der Waals surface area contributed by atoms with Crippen LogP contribution in [-0.4, -0.2) is 139 Å². The number of nitrogens with zero attached hydrogens (tertiary/aromatic N) is 6. The third kappa shape index (κ3) is 16.5. The topological polar surface area (TPSA) is 115 Å². The van der Waals surface area contributed by atoms with E-state index in [0.29, 0.717) is 46.0 Å². The predicted octanol–water partition coefficient (Wildman–Crippen LogP) is 13.4. The average molecular weight is 1180 g/mol. The minimum Gasteiger partial charge on any atom is -0.473 e. The van der Waals surface area contributed by atoms with Gasteiger partial charge in [0.15, 0.2) is 0 Å². The maximum atomic E-state index is 13.3. The Labute approximate surface area is 514 Å². The lowest BCUT2D eigenvalue weighted by atomic mass is 9.80. The molecule has 2 unspecified atom stereocenters. The maximum absolute atomic E-state index is 13.3. The molecule has 3 fully saturated rings. The number of pyridine rings is 2. The second-order valence-corrected chi connectivity index (χ2v) is 24.5. The molecule has 10 rings (SSSR count). The standard InChI is InChI=1S/C71H84Cl2N8O4/c1-4-79(48-52-20-9-5-10-21-52)39-19-38-74-67(82)57-44-65(72)69(75-46-57)84-59-32-40-80(41-33-59)49-63(53-22-11-6-12-23-53)56-30-28-55(29-31-56)61-26-15-16-27-62(61)64(54-24-13-7-14-25-54)50-81-42-34-60(35-43-81)85-70-66(73)45-58(47-76-70)68(83)77-51-71(78(2)3)36-17-8-18-37-71/h5-7,9-16,20-31,44-47,59-60,63-64H,4,8,17-19,32-43,48-51H2,1-3H3,(H,74,82)(H,77,83). The van der Waals surface area contributed by atoms with Crippen LogP contribution in [0.2, 0.25) is 10.0 Å². The Bertz CT molecular complexity index is 3220. The third-order valence-corrected chi connectivity index (χ3v) is 18.5. The van der Waals surface area contributed by atoms with E-state index in [9.17, 15) is 9.59 Å². The molecular weight excluding hydrogens is 1100 g/mol. The van der Waals surface area contributed by atoms with Crippen molar-refractivity contribution in [3.63, 3.8) is 0 Å². The zero-order chi connectivity index (χ0) is 59.0. The van der Waals surface area contributed by atoms with Crippen LogP contribution in [0.25, 0.3) is 11.1 Å². The van der Waals surface area contributed by atoms with Crippen molar-refractivity contribution in [3.8, 4) is 22.9 Å². The summed E-state index contributed by atoms with van der Waals surface area (Å²) in [4.78, 5) is 45.3. The Kier molecular flexibility index (Phi) is 21.8. The highest BCUT2D eigenvalue weighted by Crippen LogP contribution is 2.38. The number of rotatable bonds is 25. The number of nitrogens with one attached hydrogen (secondary N) is 2. The van der Waals surface area contributed by atoms with Gasteiger partial charge in [0.05, 0.1) is 11.1 Å². The van der Waals surface area contributed by atoms with E-state index in [2.05, 4.69) is 195 Å². The monoisotopic (exact) mass is 1180 g/mol. The molecule has 2 N–H and O–H groups in total. The minimum atomic E-state index is -0.188. The number of amides is 2. The van der Waals surface area contributed by atoms with Crippen molar-refractivity contribution in [1.29, 1.82) is 0 Å². The molecule has 446 valence electrons. The second kappa shape index (κ2) is 30.1. The van der Waals surface area contributed by atoms with Gasteiger partial charge in [-0.2, -0.15) is 0 Å². The molecule has 2 aliphatic heterocycles. The summed E-state index contributed by atoms with van der Waals surface area (Å²) in [5, 5.41) is 6.92. The van der Waals surface area contributed by atoms with Gasteiger partial charge >= 0.3 is 0 Å². The van der Waals surface area contributed by atoms with Crippen molar-refractivity contribution in [1.82, 2.24) is 40.2 Å². The molecule has 2 aromatic heterocycles. The van der Waals surface area contributed by atoms with E-state index in [1.165, 1.54) is 58.2 Å². The molecule has 85 heavy (non-hydrogen) atoms. The van der Waals surface area contributed by atoms with Gasteiger partial charge < -0.3 is 34.8 Å². The number of halogens is 2. The summed E-state index contributed by atoms with van der Waals surface area (Å²) in [7, 11) is 4.22. The first-order valence-corrected chi connectivity index (χ1v) is 31.6. The van der Waals surface area contributed by atoms with Crippen LogP contribution in [0, 0.1) is 0 Å². The van der Waals surface area contributed by atoms with Gasteiger partial charge in [0, 0.05) is 95.2 Å². The van der Waals surface area contributed by atoms with Crippen LogP contribution >= 0.6 is 23.2 Å². The molecule has 2 atom stereocenters. The van der Waals surface area contributed by atoms with Gasteiger partial charge in [-0.3, -0.25) is 14.5 Å². The molecule has 7 aromatic rings. The molecule has 0 radical (unpaired) electrons. The van der Waals surface area contributed by atoms with E-state index in [1.54, 1.807) is 24.5 Å². The molecular formula is C71H84Cl2N8O4. The van der Waals surface area contributed by atoms with Gasteiger partial charge in [-0.25, -0.2) is 9.97 Å². The van der Waals surface area contributed by atoms with Crippen molar-refractivity contribution >= 4 is 35.0 Å². The molecule has 14 heteroatoms. The van der Waals surface area contributed by atoms with Crippen LogP contribution in [0.5, 0.6) is 11.8 Å². The van der Waals surface area contributed by atoms with Crippen LogP contribution in [0.1, 0.15) is 132 Å². The number of hydrogen-bond acceptors (Lipinski definition) is 10. The lowest BCUT2D eigenvalue weighted by Crippen LogP contribution is -2.53. The summed E-state index contributed by atoms with van der Waals surface area (Å²) in [6.45, 7) is 11.3. The fourth-order valence-electron chi connectivity index (χ4n) is 12.8. The van der Waals surface area contributed by atoms with Gasteiger partial charge in [-0.15, -0.1) is 0 Å². The summed E-state index contributed by atoms with van der Waals surface area (Å²) >= 11 is 13.5. The number of piperidine rings is 2. The summed E-state index contributed by atoms with van der Waals surface area (Å²) in [5.74, 6) is 0.712. The summed E-state index contributed by atoms with van der Waals surface area (Å²) in [6.07, 6.45) is 13.0. The van der Waals surface area contributed by atoms with E-state index in [-0.39, 0.29) is 41.4 Å². The van der Waals surface area contributed by atoms with Crippen molar-refractivity contribution in [2.45, 2.75) is 107 Å².